The van der Waals surface area contributed by atoms with Crippen LogP contribution in [0.25, 0.3) is 96.2 Å². The van der Waals surface area contributed by atoms with Gasteiger partial charge in [-0.2, -0.15) is 10.5 Å². The number of furan rings is 1. The number of hydrogen-bond donors (Lipinski definition) is 0. The van der Waals surface area contributed by atoms with Crippen LogP contribution in [0, 0.1) is 22.7 Å². The molecule has 50 heavy (non-hydrogen) atoms. The van der Waals surface area contributed by atoms with Crippen molar-refractivity contribution in [1.29, 1.82) is 10.5 Å². The Hall–Kier alpha value is -6.56. The van der Waals surface area contributed by atoms with Gasteiger partial charge in [-0.15, -0.1) is 0 Å². The number of para-hydroxylation sites is 1. The average Bonchev–Trinajstić information content (AvgIpc) is 3.91. The zero-order valence-corrected chi connectivity index (χ0v) is 28.0. The Morgan fingerprint density at radius 2 is 1.02 bits per heavy atom. The molecule has 0 aliphatic carbocycles. The molecule has 0 saturated heterocycles. The number of fused-ring (bicyclic) bond motifs is 13. The standard InChI is InChI=1S/C44H22N4OSe/c45-23-25-9-14-37-32(19-25)33-20-26(24-46)10-15-38(33)47(37)27-11-17-40-34(21-27)35-22-28(12-18-41(35)49-40)48-36-7-3-1-6-31(36)43-39(48)16-13-30-29-5-2-4-8-42(29)50-44(30)43/h1-22H. The van der Waals surface area contributed by atoms with E-state index in [1.165, 1.54) is 41.1 Å². The summed E-state index contributed by atoms with van der Waals surface area (Å²) in [5.41, 5.74) is 9.25. The van der Waals surface area contributed by atoms with Crippen LogP contribution in [0.1, 0.15) is 11.1 Å². The van der Waals surface area contributed by atoms with E-state index >= 15 is 0 Å². The molecule has 0 spiro atoms. The molecule has 4 aromatic heterocycles. The summed E-state index contributed by atoms with van der Waals surface area (Å²) in [6.45, 7) is 0. The second kappa shape index (κ2) is 9.98. The third-order valence-corrected chi connectivity index (χ3v) is 12.7. The first-order valence-corrected chi connectivity index (χ1v) is 18.1. The van der Waals surface area contributed by atoms with Gasteiger partial charge in [0.05, 0.1) is 23.3 Å². The summed E-state index contributed by atoms with van der Waals surface area (Å²) in [6, 6.07) is 51.1. The van der Waals surface area contributed by atoms with Crippen LogP contribution in [0.4, 0.5) is 0 Å². The van der Waals surface area contributed by atoms with Crippen molar-refractivity contribution >= 4 is 99.3 Å². The van der Waals surface area contributed by atoms with Gasteiger partial charge in [0.2, 0.25) is 0 Å². The Morgan fingerprint density at radius 1 is 0.460 bits per heavy atom. The summed E-state index contributed by atoms with van der Waals surface area (Å²) >= 11 is 0.237. The van der Waals surface area contributed by atoms with E-state index in [1.807, 2.05) is 42.5 Å². The summed E-state index contributed by atoms with van der Waals surface area (Å²) in [6.07, 6.45) is 0. The SMILES string of the molecule is N#Cc1ccc2c(c1)c1cc(C#N)ccc1n2-c1ccc2oc3ccc(-n4c5ccccc5c5c6[se]c7ccccc7c6ccc54)cc3c2c1. The molecule has 0 aliphatic heterocycles. The predicted molar refractivity (Wildman–Crippen MR) is 204 cm³/mol. The Balaban J connectivity index is 1.16. The zero-order chi connectivity index (χ0) is 33.1. The van der Waals surface area contributed by atoms with Gasteiger partial charge < -0.3 is 0 Å². The minimum atomic E-state index is 0.237. The van der Waals surface area contributed by atoms with E-state index in [2.05, 4.69) is 112 Å². The molecule has 11 aromatic rings. The molecule has 6 heteroatoms. The predicted octanol–water partition coefficient (Wildman–Crippen LogP) is 10.9. The molecule has 0 N–H and O–H groups in total. The topological polar surface area (TPSA) is 70.6 Å². The van der Waals surface area contributed by atoms with Gasteiger partial charge in [-0.1, -0.05) is 0 Å². The Labute approximate surface area is 290 Å². The number of rotatable bonds is 2. The van der Waals surface area contributed by atoms with Crippen LogP contribution in [0.3, 0.4) is 0 Å². The van der Waals surface area contributed by atoms with Gasteiger partial charge in [-0.25, -0.2) is 0 Å². The Bertz CT molecular complexity index is 3290. The fourth-order valence-corrected chi connectivity index (χ4v) is 10.6. The quantitative estimate of drug-likeness (QED) is 0.169. The van der Waals surface area contributed by atoms with E-state index in [4.69, 9.17) is 4.42 Å². The van der Waals surface area contributed by atoms with Gasteiger partial charge in [0.1, 0.15) is 0 Å². The van der Waals surface area contributed by atoms with Crippen molar-refractivity contribution < 1.29 is 4.42 Å². The number of aromatic nitrogens is 2. The fourth-order valence-electron chi connectivity index (χ4n) is 7.99. The number of benzene rings is 7. The molecular formula is C44H22N4OSe. The minimum absolute atomic E-state index is 0.237. The first-order chi connectivity index (χ1) is 24.7. The van der Waals surface area contributed by atoms with Crippen molar-refractivity contribution in [1.82, 2.24) is 9.13 Å². The van der Waals surface area contributed by atoms with Crippen LogP contribution in [-0.4, -0.2) is 23.6 Å². The molecular weight excluding hydrogens is 679 g/mol. The first kappa shape index (κ1) is 27.4. The van der Waals surface area contributed by atoms with Crippen molar-refractivity contribution in [2.45, 2.75) is 0 Å². The second-order valence-electron chi connectivity index (χ2n) is 12.8. The van der Waals surface area contributed by atoms with Gasteiger partial charge in [-0.05, 0) is 36.4 Å². The molecule has 0 bridgehead atoms. The Kier molecular flexibility index (Phi) is 5.47. The molecule has 0 aliphatic rings. The molecule has 0 fully saturated rings. The van der Waals surface area contributed by atoms with E-state index in [9.17, 15) is 10.5 Å². The van der Waals surface area contributed by atoms with Gasteiger partial charge in [0.25, 0.3) is 0 Å². The van der Waals surface area contributed by atoms with E-state index < -0.39 is 0 Å². The van der Waals surface area contributed by atoms with E-state index in [-0.39, 0.29) is 14.5 Å². The summed E-state index contributed by atoms with van der Waals surface area (Å²) < 4.78 is 13.9. The van der Waals surface area contributed by atoms with Crippen LogP contribution in [0.2, 0.25) is 0 Å². The maximum atomic E-state index is 9.65. The molecule has 7 aromatic carbocycles. The van der Waals surface area contributed by atoms with Gasteiger partial charge in [-0.3, -0.25) is 0 Å². The summed E-state index contributed by atoms with van der Waals surface area (Å²) in [7, 11) is 0. The Morgan fingerprint density at radius 3 is 1.68 bits per heavy atom. The second-order valence-corrected chi connectivity index (χ2v) is 15.0. The van der Waals surface area contributed by atoms with E-state index in [0.717, 1.165) is 55.1 Å². The van der Waals surface area contributed by atoms with E-state index in [0.29, 0.717) is 11.1 Å². The van der Waals surface area contributed by atoms with Gasteiger partial charge in [0.15, 0.2) is 0 Å². The summed E-state index contributed by atoms with van der Waals surface area (Å²) in [4.78, 5) is 0. The van der Waals surface area contributed by atoms with Crippen LogP contribution in [0.5, 0.6) is 0 Å². The third-order valence-electron chi connectivity index (χ3n) is 10.2. The molecule has 5 nitrogen and oxygen atoms in total. The molecule has 0 atom stereocenters. The summed E-state index contributed by atoms with van der Waals surface area (Å²) in [5, 5.41) is 28.6. The first-order valence-electron chi connectivity index (χ1n) is 16.4. The van der Waals surface area contributed by atoms with Gasteiger partial charge in [0, 0.05) is 10.8 Å². The van der Waals surface area contributed by atoms with E-state index in [1.54, 1.807) is 0 Å². The third kappa shape index (κ3) is 3.64. The maximum absolute atomic E-state index is 9.65. The van der Waals surface area contributed by atoms with Crippen molar-refractivity contribution in [3.8, 4) is 23.5 Å². The molecule has 11 rings (SSSR count). The molecule has 230 valence electrons. The fraction of sp³-hybridized carbons (Fsp3) is 0. The van der Waals surface area contributed by atoms with Crippen LogP contribution < -0.4 is 0 Å². The number of nitrogens with zero attached hydrogens (tertiary/aromatic N) is 4. The molecule has 0 saturated carbocycles. The summed E-state index contributed by atoms with van der Waals surface area (Å²) in [5.74, 6) is 0. The van der Waals surface area contributed by atoms with Crippen molar-refractivity contribution in [2.75, 3.05) is 0 Å². The van der Waals surface area contributed by atoms with Crippen molar-refractivity contribution in [3.05, 3.63) is 145 Å². The van der Waals surface area contributed by atoms with Crippen molar-refractivity contribution in [3.63, 3.8) is 0 Å². The van der Waals surface area contributed by atoms with Crippen LogP contribution in [-0.2, 0) is 0 Å². The monoisotopic (exact) mass is 702 g/mol. The number of nitriles is 2. The normalized spacial score (nSPS) is 12.0. The van der Waals surface area contributed by atoms with Crippen molar-refractivity contribution in [2.24, 2.45) is 0 Å². The molecule has 0 radical (unpaired) electrons. The molecule has 4 heterocycles. The van der Waals surface area contributed by atoms with Gasteiger partial charge >= 0.3 is 211 Å². The number of hydrogen-bond acceptors (Lipinski definition) is 3. The van der Waals surface area contributed by atoms with Crippen LogP contribution in [0.15, 0.2) is 138 Å². The molecule has 0 unspecified atom stereocenters. The zero-order valence-electron chi connectivity index (χ0n) is 26.3. The average molecular weight is 702 g/mol. The van der Waals surface area contributed by atoms with Crippen LogP contribution >= 0.6 is 0 Å². The molecule has 0 amide bonds.